The number of nitrogens with one attached hydrogen (secondary N) is 1. The molecule has 1 rings (SSSR count). The fraction of sp³-hybridized carbons (Fsp3) is 0.500. The maximum Gasteiger partial charge on any atom is 0.195 e. The highest BCUT2D eigenvalue weighted by atomic mass is 127. The third-order valence-electron chi connectivity index (χ3n) is 2.54. The van der Waals surface area contributed by atoms with Gasteiger partial charge >= 0.3 is 0 Å². The summed E-state index contributed by atoms with van der Waals surface area (Å²) in [5.41, 5.74) is 0.810. The number of halogens is 2. The lowest BCUT2D eigenvalue weighted by molar-refractivity contribution is 0.479. The maximum absolute atomic E-state index is 13.0. The van der Waals surface area contributed by atoms with Crippen LogP contribution in [0.15, 0.2) is 29.3 Å². The van der Waals surface area contributed by atoms with Gasteiger partial charge in [-0.25, -0.2) is 4.39 Å². The summed E-state index contributed by atoms with van der Waals surface area (Å²) in [5.74, 6) is 0.733. The molecule has 0 bridgehead atoms. The predicted octanol–water partition coefficient (Wildman–Crippen LogP) is 2.72. The lowest BCUT2D eigenvalue weighted by Crippen LogP contribution is -2.35. The summed E-state index contributed by atoms with van der Waals surface area (Å²) in [6.07, 6.45) is 0.904. The Balaban J connectivity index is 0.00000361. The Hall–Kier alpha value is -1.05. The number of benzene rings is 1. The molecule has 0 fully saturated rings. The Bertz CT molecular complexity index is 411. The van der Waals surface area contributed by atoms with Gasteiger partial charge in [-0.3, -0.25) is 4.99 Å². The summed E-state index contributed by atoms with van der Waals surface area (Å²) in [6.45, 7) is 1.52. The van der Waals surface area contributed by atoms with Gasteiger partial charge in [0.15, 0.2) is 5.96 Å². The van der Waals surface area contributed by atoms with Crippen LogP contribution in [-0.4, -0.2) is 57.0 Å². The van der Waals surface area contributed by atoms with E-state index in [0.717, 1.165) is 31.2 Å². The lowest BCUT2D eigenvalue weighted by atomic mass is 10.3. The van der Waals surface area contributed by atoms with Gasteiger partial charge in [0.2, 0.25) is 0 Å². The molecule has 4 nitrogen and oxygen atoms in total. The summed E-state index contributed by atoms with van der Waals surface area (Å²) in [7, 11) is 7.90. The van der Waals surface area contributed by atoms with Crippen LogP contribution in [0, 0.1) is 5.82 Å². The number of anilines is 1. The number of nitrogens with zero attached hydrogens (tertiary/aromatic N) is 3. The highest BCUT2D eigenvalue weighted by molar-refractivity contribution is 14.0. The molecule has 0 heterocycles. The fourth-order valence-corrected chi connectivity index (χ4v) is 1.77. The molecule has 0 spiro atoms. The van der Waals surface area contributed by atoms with E-state index in [1.54, 1.807) is 6.07 Å². The van der Waals surface area contributed by atoms with Crippen molar-refractivity contribution >= 4 is 35.6 Å². The van der Waals surface area contributed by atoms with Crippen molar-refractivity contribution in [2.75, 3.05) is 46.6 Å². The normalized spacial score (nSPS) is 9.45. The molecule has 1 N–H and O–H groups in total. The van der Waals surface area contributed by atoms with Gasteiger partial charge in [0.25, 0.3) is 0 Å². The molecule has 0 atom stereocenters. The van der Waals surface area contributed by atoms with E-state index < -0.39 is 0 Å². The second-order valence-electron chi connectivity index (χ2n) is 4.76. The van der Waals surface area contributed by atoms with E-state index in [1.165, 1.54) is 12.1 Å². The second kappa shape index (κ2) is 9.79. The molecule has 0 saturated heterocycles. The van der Waals surface area contributed by atoms with Crippen LogP contribution >= 0.6 is 24.0 Å². The molecule has 0 aliphatic rings. The minimum atomic E-state index is -0.217. The molecular formula is C14H24FIN4. The van der Waals surface area contributed by atoms with E-state index in [4.69, 9.17) is 0 Å². The SMILES string of the molecule is CN(C)C(=NCCCNc1cccc(F)c1)N(C)C.I. The average molecular weight is 394 g/mol. The predicted molar refractivity (Wildman–Crippen MR) is 94.6 cm³/mol. The monoisotopic (exact) mass is 394 g/mol. The quantitative estimate of drug-likeness (QED) is 0.361. The van der Waals surface area contributed by atoms with Gasteiger partial charge in [-0.05, 0) is 24.6 Å². The average Bonchev–Trinajstić information content (AvgIpc) is 2.32. The van der Waals surface area contributed by atoms with Gasteiger partial charge in [-0.15, -0.1) is 24.0 Å². The number of guanidine groups is 1. The molecule has 6 heteroatoms. The Labute approximate surface area is 138 Å². The Morgan fingerprint density at radius 2 is 1.85 bits per heavy atom. The van der Waals surface area contributed by atoms with Crippen molar-refractivity contribution in [1.29, 1.82) is 0 Å². The first-order valence-electron chi connectivity index (χ1n) is 6.39. The first-order chi connectivity index (χ1) is 9.00. The van der Waals surface area contributed by atoms with Crippen LogP contribution in [-0.2, 0) is 0 Å². The van der Waals surface area contributed by atoms with E-state index in [2.05, 4.69) is 10.3 Å². The minimum absolute atomic E-state index is 0. The highest BCUT2D eigenvalue weighted by Gasteiger charge is 2.02. The molecule has 0 aliphatic heterocycles. The van der Waals surface area contributed by atoms with Crippen LogP contribution in [0.5, 0.6) is 0 Å². The molecule has 1 aromatic carbocycles. The van der Waals surface area contributed by atoms with Crippen molar-refractivity contribution in [2.24, 2.45) is 4.99 Å². The van der Waals surface area contributed by atoms with Crippen LogP contribution < -0.4 is 5.32 Å². The van der Waals surface area contributed by atoms with Crippen LogP contribution in [0.3, 0.4) is 0 Å². The Kier molecular flexibility index (Phi) is 9.28. The second-order valence-corrected chi connectivity index (χ2v) is 4.76. The smallest absolute Gasteiger partial charge is 0.195 e. The summed E-state index contributed by atoms with van der Waals surface area (Å²) in [6, 6.07) is 6.49. The molecule has 0 aromatic heterocycles. The van der Waals surface area contributed by atoms with E-state index in [0.29, 0.717) is 0 Å². The van der Waals surface area contributed by atoms with E-state index in [9.17, 15) is 4.39 Å². The largest absolute Gasteiger partial charge is 0.385 e. The molecule has 0 amide bonds. The molecule has 1 aromatic rings. The number of hydrogen-bond acceptors (Lipinski definition) is 2. The number of hydrogen-bond donors (Lipinski definition) is 1. The summed E-state index contributed by atoms with van der Waals surface area (Å²) >= 11 is 0. The molecule has 114 valence electrons. The van der Waals surface area contributed by atoms with Gasteiger partial charge in [-0.1, -0.05) is 6.07 Å². The molecule has 0 aliphatic carbocycles. The topological polar surface area (TPSA) is 30.9 Å². The molecule has 20 heavy (non-hydrogen) atoms. The summed E-state index contributed by atoms with van der Waals surface area (Å²) in [5, 5.41) is 3.18. The third kappa shape index (κ3) is 6.93. The van der Waals surface area contributed by atoms with Gasteiger partial charge in [0.05, 0.1) is 0 Å². The van der Waals surface area contributed by atoms with E-state index in [-0.39, 0.29) is 29.8 Å². The van der Waals surface area contributed by atoms with Crippen LogP contribution in [0.1, 0.15) is 6.42 Å². The van der Waals surface area contributed by atoms with Gasteiger partial charge in [0, 0.05) is 47.0 Å². The van der Waals surface area contributed by atoms with E-state index in [1.807, 2.05) is 44.1 Å². The van der Waals surface area contributed by atoms with Crippen molar-refractivity contribution in [2.45, 2.75) is 6.42 Å². The lowest BCUT2D eigenvalue weighted by Gasteiger charge is -2.22. The first-order valence-corrected chi connectivity index (χ1v) is 6.39. The minimum Gasteiger partial charge on any atom is -0.385 e. The molecule has 0 radical (unpaired) electrons. The zero-order valence-electron chi connectivity index (χ0n) is 12.6. The first kappa shape index (κ1) is 18.9. The summed E-state index contributed by atoms with van der Waals surface area (Å²) < 4.78 is 13.0. The fourth-order valence-electron chi connectivity index (χ4n) is 1.77. The Morgan fingerprint density at radius 3 is 2.40 bits per heavy atom. The highest BCUT2D eigenvalue weighted by Crippen LogP contribution is 2.08. The van der Waals surface area contributed by atoms with Crippen molar-refractivity contribution in [3.63, 3.8) is 0 Å². The van der Waals surface area contributed by atoms with Crippen molar-refractivity contribution in [1.82, 2.24) is 9.80 Å². The molecular weight excluding hydrogens is 370 g/mol. The van der Waals surface area contributed by atoms with Gasteiger partial charge in [0.1, 0.15) is 5.82 Å². The van der Waals surface area contributed by atoms with Crippen LogP contribution in [0.2, 0.25) is 0 Å². The summed E-state index contributed by atoms with van der Waals surface area (Å²) in [4.78, 5) is 8.50. The molecule has 0 saturated carbocycles. The number of aliphatic imine (C=N–C) groups is 1. The van der Waals surface area contributed by atoms with Crippen molar-refractivity contribution < 1.29 is 4.39 Å². The Morgan fingerprint density at radius 1 is 1.20 bits per heavy atom. The van der Waals surface area contributed by atoms with Crippen LogP contribution in [0.25, 0.3) is 0 Å². The zero-order chi connectivity index (χ0) is 14.3. The number of rotatable bonds is 5. The zero-order valence-corrected chi connectivity index (χ0v) is 14.9. The maximum atomic E-state index is 13.0. The van der Waals surface area contributed by atoms with Gasteiger partial charge < -0.3 is 15.1 Å². The standard InChI is InChI=1S/C14H23FN4.HI/c1-18(2)14(19(3)4)17-10-6-9-16-13-8-5-7-12(15)11-13;/h5,7-8,11,16H,6,9-10H2,1-4H3;1H. The van der Waals surface area contributed by atoms with Gasteiger partial charge in [-0.2, -0.15) is 0 Å². The van der Waals surface area contributed by atoms with E-state index >= 15 is 0 Å². The molecule has 0 unspecified atom stereocenters. The van der Waals surface area contributed by atoms with Crippen molar-refractivity contribution in [3.8, 4) is 0 Å². The van der Waals surface area contributed by atoms with Crippen molar-refractivity contribution in [3.05, 3.63) is 30.1 Å². The third-order valence-corrected chi connectivity index (χ3v) is 2.54. The van der Waals surface area contributed by atoms with Crippen LogP contribution in [0.4, 0.5) is 10.1 Å².